The Morgan fingerprint density at radius 3 is 2.57 bits per heavy atom. The molecule has 2 aromatic rings. The molecule has 0 amide bonds. The zero-order valence-electron chi connectivity index (χ0n) is 7.99. The van der Waals surface area contributed by atoms with Gasteiger partial charge in [-0.1, -0.05) is 36.4 Å². The number of aryl methyl sites for hydroxylation is 1. The van der Waals surface area contributed by atoms with Crippen molar-refractivity contribution in [3.8, 4) is 16.9 Å². The van der Waals surface area contributed by atoms with Gasteiger partial charge in [-0.25, -0.2) is 0 Å². The van der Waals surface area contributed by atoms with Gasteiger partial charge in [-0.3, -0.25) is 0 Å². The fraction of sp³-hybridized carbons (Fsp3) is 0.0769. The quantitative estimate of drug-likeness (QED) is 0.720. The Hall–Kier alpha value is -1.76. The van der Waals surface area contributed by atoms with Crippen molar-refractivity contribution in [2.75, 3.05) is 0 Å². The van der Waals surface area contributed by atoms with E-state index in [1.165, 1.54) is 0 Å². The number of phenols is 1. The minimum atomic E-state index is 0.279. The van der Waals surface area contributed by atoms with Gasteiger partial charge >= 0.3 is 0 Å². The van der Waals surface area contributed by atoms with Gasteiger partial charge in [0, 0.05) is 5.56 Å². The maximum absolute atomic E-state index is 9.66. The van der Waals surface area contributed by atoms with Gasteiger partial charge in [0.05, 0.1) is 0 Å². The summed E-state index contributed by atoms with van der Waals surface area (Å²) in [6, 6.07) is 16.3. The van der Waals surface area contributed by atoms with Gasteiger partial charge in [-0.15, -0.1) is 0 Å². The molecule has 0 aliphatic heterocycles. The molecule has 14 heavy (non-hydrogen) atoms. The van der Waals surface area contributed by atoms with Crippen molar-refractivity contribution >= 4 is 0 Å². The molecule has 1 N–H and O–H groups in total. The topological polar surface area (TPSA) is 20.2 Å². The SMILES string of the molecule is Cc1ccccc1-c1[c]cccc1O. The van der Waals surface area contributed by atoms with Gasteiger partial charge in [0.15, 0.2) is 0 Å². The Labute approximate surface area is 83.6 Å². The van der Waals surface area contributed by atoms with E-state index < -0.39 is 0 Å². The zero-order chi connectivity index (χ0) is 9.97. The molecule has 1 heteroatoms. The lowest BCUT2D eigenvalue weighted by atomic mass is 10.0. The molecule has 0 atom stereocenters. The third-order valence-electron chi connectivity index (χ3n) is 2.25. The van der Waals surface area contributed by atoms with Crippen LogP contribution in [0.25, 0.3) is 11.1 Å². The number of rotatable bonds is 1. The van der Waals surface area contributed by atoms with Gasteiger partial charge < -0.3 is 5.11 Å². The minimum Gasteiger partial charge on any atom is -0.507 e. The van der Waals surface area contributed by atoms with Crippen molar-refractivity contribution in [3.05, 3.63) is 54.1 Å². The molecule has 0 aromatic heterocycles. The average Bonchev–Trinajstić information content (AvgIpc) is 2.20. The van der Waals surface area contributed by atoms with Gasteiger partial charge in [-0.05, 0) is 30.2 Å². The Morgan fingerprint density at radius 2 is 1.86 bits per heavy atom. The maximum Gasteiger partial charge on any atom is 0.124 e. The van der Waals surface area contributed by atoms with Crippen molar-refractivity contribution in [2.24, 2.45) is 0 Å². The normalized spacial score (nSPS) is 10.1. The number of hydrogen-bond donors (Lipinski definition) is 1. The van der Waals surface area contributed by atoms with E-state index in [9.17, 15) is 5.11 Å². The number of benzene rings is 2. The van der Waals surface area contributed by atoms with Crippen molar-refractivity contribution in [1.82, 2.24) is 0 Å². The van der Waals surface area contributed by atoms with Crippen molar-refractivity contribution in [2.45, 2.75) is 6.92 Å². The van der Waals surface area contributed by atoms with E-state index in [2.05, 4.69) is 6.07 Å². The summed E-state index contributed by atoms with van der Waals surface area (Å²) in [7, 11) is 0. The molecule has 0 unspecified atom stereocenters. The fourth-order valence-electron chi connectivity index (χ4n) is 1.50. The van der Waals surface area contributed by atoms with Crippen molar-refractivity contribution in [1.29, 1.82) is 0 Å². The Balaban J connectivity index is 2.61. The first kappa shape index (κ1) is 8.82. The van der Waals surface area contributed by atoms with E-state index in [0.717, 1.165) is 16.7 Å². The predicted molar refractivity (Wildman–Crippen MR) is 57.1 cm³/mol. The van der Waals surface area contributed by atoms with Crippen LogP contribution in [0.4, 0.5) is 0 Å². The summed E-state index contributed by atoms with van der Waals surface area (Å²) in [6.07, 6.45) is 0. The van der Waals surface area contributed by atoms with Crippen LogP contribution in [-0.2, 0) is 0 Å². The minimum absolute atomic E-state index is 0.279. The molecule has 69 valence electrons. The number of phenolic OH excluding ortho intramolecular Hbond substituents is 1. The second-order valence-electron chi connectivity index (χ2n) is 3.25. The van der Waals surface area contributed by atoms with Crippen LogP contribution < -0.4 is 0 Å². The highest BCUT2D eigenvalue weighted by Crippen LogP contribution is 2.29. The largest absolute Gasteiger partial charge is 0.507 e. The second kappa shape index (κ2) is 3.54. The molecular formula is C13H11O. The smallest absolute Gasteiger partial charge is 0.124 e. The molecule has 0 saturated carbocycles. The van der Waals surface area contributed by atoms with E-state index >= 15 is 0 Å². The summed E-state index contributed by atoms with van der Waals surface area (Å²) in [5, 5.41) is 9.66. The third-order valence-corrected chi connectivity index (χ3v) is 2.25. The molecule has 2 aromatic carbocycles. The van der Waals surface area contributed by atoms with Crippen molar-refractivity contribution < 1.29 is 5.11 Å². The second-order valence-corrected chi connectivity index (χ2v) is 3.25. The number of aromatic hydroxyl groups is 1. The molecule has 1 nitrogen and oxygen atoms in total. The van der Waals surface area contributed by atoms with E-state index in [1.807, 2.05) is 37.3 Å². The lowest BCUT2D eigenvalue weighted by Crippen LogP contribution is -1.82. The lowest BCUT2D eigenvalue weighted by molar-refractivity contribution is 0.477. The Morgan fingerprint density at radius 1 is 1.07 bits per heavy atom. The van der Waals surface area contributed by atoms with E-state index in [4.69, 9.17) is 0 Å². The van der Waals surface area contributed by atoms with E-state index in [1.54, 1.807) is 12.1 Å². The van der Waals surface area contributed by atoms with Crippen LogP contribution in [-0.4, -0.2) is 5.11 Å². The average molecular weight is 183 g/mol. The molecule has 0 aliphatic carbocycles. The van der Waals surface area contributed by atoms with Crippen LogP contribution in [0, 0.1) is 13.0 Å². The van der Waals surface area contributed by atoms with Crippen LogP contribution in [0.1, 0.15) is 5.56 Å². The van der Waals surface area contributed by atoms with E-state index in [-0.39, 0.29) is 5.75 Å². The Bertz CT molecular complexity index is 403. The zero-order valence-corrected chi connectivity index (χ0v) is 7.99. The first-order valence-corrected chi connectivity index (χ1v) is 4.54. The molecule has 0 bridgehead atoms. The van der Waals surface area contributed by atoms with Crippen LogP contribution in [0.5, 0.6) is 5.75 Å². The fourth-order valence-corrected chi connectivity index (χ4v) is 1.50. The molecule has 0 fully saturated rings. The molecule has 1 radical (unpaired) electrons. The summed E-state index contributed by atoms with van der Waals surface area (Å²) in [4.78, 5) is 0. The van der Waals surface area contributed by atoms with Gasteiger partial charge in [0.1, 0.15) is 5.75 Å². The molecule has 0 spiro atoms. The summed E-state index contributed by atoms with van der Waals surface area (Å²) in [5.41, 5.74) is 2.95. The monoisotopic (exact) mass is 183 g/mol. The van der Waals surface area contributed by atoms with E-state index in [0.29, 0.717) is 0 Å². The highest BCUT2D eigenvalue weighted by atomic mass is 16.3. The summed E-state index contributed by atoms with van der Waals surface area (Å²) >= 11 is 0. The molecular weight excluding hydrogens is 172 g/mol. The highest BCUT2D eigenvalue weighted by Gasteiger charge is 2.04. The van der Waals surface area contributed by atoms with Crippen LogP contribution in [0.3, 0.4) is 0 Å². The summed E-state index contributed by atoms with van der Waals surface area (Å²) in [6.45, 7) is 2.02. The molecule has 0 saturated heterocycles. The summed E-state index contributed by atoms with van der Waals surface area (Å²) in [5.74, 6) is 0.279. The van der Waals surface area contributed by atoms with Crippen LogP contribution >= 0.6 is 0 Å². The third kappa shape index (κ3) is 1.49. The predicted octanol–water partition coefficient (Wildman–Crippen LogP) is 3.17. The van der Waals surface area contributed by atoms with Gasteiger partial charge in [0.2, 0.25) is 0 Å². The Kier molecular flexibility index (Phi) is 2.23. The standard InChI is InChI=1S/C13H11O/c1-10-6-2-3-7-11(10)12-8-4-5-9-13(12)14/h2-7,9,14H,1H3. The van der Waals surface area contributed by atoms with Gasteiger partial charge in [0.25, 0.3) is 0 Å². The number of hydrogen-bond acceptors (Lipinski definition) is 1. The molecule has 0 heterocycles. The summed E-state index contributed by atoms with van der Waals surface area (Å²) < 4.78 is 0. The van der Waals surface area contributed by atoms with Crippen molar-refractivity contribution in [3.63, 3.8) is 0 Å². The highest BCUT2D eigenvalue weighted by molar-refractivity contribution is 5.72. The molecule has 0 aliphatic rings. The van der Waals surface area contributed by atoms with Gasteiger partial charge in [-0.2, -0.15) is 0 Å². The maximum atomic E-state index is 9.66. The first-order valence-electron chi connectivity index (χ1n) is 4.54. The van der Waals surface area contributed by atoms with Crippen LogP contribution in [0.2, 0.25) is 0 Å². The first-order chi connectivity index (χ1) is 6.79. The lowest BCUT2D eigenvalue weighted by Gasteiger charge is -2.06. The van der Waals surface area contributed by atoms with Crippen LogP contribution in [0.15, 0.2) is 42.5 Å². The molecule has 2 rings (SSSR count).